The van der Waals surface area contributed by atoms with Crippen LogP contribution in [0.15, 0.2) is 30.3 Å². The lowest BCUT2D eigenvalue weighted by Gasteiger charge is -2.31. The monoisotopic (exact) mass is 293 g/mol. The number of nitrogens with zero attached hydrogens (tertiary/aromatic N) is 1. The molecule has 0 N–H and O–H groups in total. The van der Waals surface area contributed by atoms with Crippen LogP contribution in [0.3, 0.4) is 0 Å². The highest BCUT2D eigenvalue weighted by atomic mass is 16.6. The quantitative estimate of drug-likeness (QED) is 0.797. The molecule has 0 spiro atoms. The van der Waals surface area contributed by atoms with E-state index in [1.807, 2.05) is 30.3 Å². The van der Waals surface area contributed by atoms with E-state index in [2.05, 4.69) is 0 Å². The SMILES string of the molecule is COC(=O)C1COC(C)(C)N1C(=O)OCc1ccccc1. The molecule has 0 saturated carbocycles. The fourth-order valence-electron chi connectivity index (χ4n) is 2.25. The normalized spacial score (nSPS) is 20.1. The first-order chi connectivity index (χ1) is 9.95. The van der Waals surface area contributed by atoms with Crippen molar-refractivity contribution in [1.29, 1.82) is 0 Å². The van der Waals surface area contributed by atoms with E-state index in [-0.39, 0.29) is 13.2 Å². The second-order valence-electron chi connectivity index (χ2n) is 5.21. The molecule has 1 aliphatic rings. The van der Waals surface area contributed by atoms with E-state index in [0.29, 0.717) is 0 Å². The Bertz CT molecular complexity index is 514. The van der Waals surface area contributed by atoms with Crippen molar-refractivity contribution in [3.05, 3.63) is 35.9 Å². The number of amides is 1. The lowest BCUT2D eigenvalue weighted by Crippen LogP contribution is -2.51. The summed E-state index contributed by atoms with van der Waals surface area (Å²) >= 11 is 0. The Labute approximate surface area is 123 Å². The van der Waals surface area contributed by atoms with Crippen LogP contribution >= 0.6 is 0 Å². The third-order valence-corrected chi connectivity index (χ3v) is 3.36. The van der Waals surface area contributed by atoms with Gasteiger partial charge in [0.15, 0.2) is 6.04 Å². The smallest absolute Gasteiger partial charge is 0.413 e. The van der Waals surface area contributed by atoms with E-state index in [1.54, 1.807) is 13.8 Å². The van der Waals surface area contributed by atoms with Gasteiger partial charge in [-0.3, -0.25) is 4.90 Å². The summed E-state index contributed by atoms with van der Waals surface area (Å²) in [6, 6.07) is 8.55. The Morgan fingerprint density at radius 3 is 2.62 bits per heavy atom. The Kier molecular flexibility index (Phi) is 4.47. The molecule has 114 valence electrons. The third kappa shape index (κ3) is 3.33. The molecular weight excluding hydrogens is 274 g/mol. The van der Waals surface area contributed by atoms with Crippen LogP contribution in [0.2, 0.25) is 0 Å². The number of hydrogen-bond acceptors (Lipinski definition) is 5. The van der Waals surface area contributed by atoms with Gasteiger partial charge in [-0.1, -0.05) is 30.3 Å². The number of hydrogen-bond donors (Lipinski definition) is 0. The van der Waals surface area contributed by atoms with Gasteiger partial charge in [0.2, 0.25) is 0 Å². The number of methoxy groups -OCH3 is 1. The van der Waals surface area contributed by atoms with Crippen LogP contribution in [-0.2, 0) is 25.6 Å². The van der Waals surface area contributed by atoms with E-state index in [4.69, 9.17) is 14.2 Å². The second-order valence-corrected chi connectivity index (χ2v) is 5.21. The fourth-order valence-corrected chi connectivity index (χ4v) is 2.25. The van der Waals surface area contributed by atoms with Crippen molar-refractivity contribution >= 4 is 12.1 Å². The molecule has 1 unspecified atom stereocenters. The molecule has 0 bridgehead atoms. The van der Waals surface area contributed by atoms with Gasteiger partial charge in [0.1, 0.15) is 12.3 Å². The van der Waals surface area contributed by atoms with E-state index < -0.39 is 23.8 Å². The van der Waals surface area contributed by atoms with Gasteiger partial charge in [0.05, 0.1) is 13.7 Å². The molecule has 1 atom stereocenters. The molecule has 2 rings (SSSR count). The second kappa shape index (κ2) is 6.13. The first-order valence-corrected chi connectivity index (χ1v) is 6.67. The first-order valence-electron chi connectivity index (χ1n) is 6.67. The molecule has 0 radical (unpaired) electrons. The summed E-state index contributed by atoms with van der Waals surface area (Å²) in [7, 11) is 1.28. The fraction of sp³-hybridized carbons (Fsp3) is 0.467. The Morgan fingerprint density at radius 1 is 1.33 bits per heavy atom. The highest BCUT2D eigenvalue weighted by Gasteiger charge is 2.48. The average molecular weight is 293 g/mol. The molecule has 6 nitrogen and oxygen atoms in total. The largest absolute Gasteiger partial charge is 0.467 e. The topological polar surface area (TPSA) is 65.1 Å². The first kappa shape index (κ1) is 15.3. The molecule has 1 fully saturated rings. The molecule has 0 aliphatic carbocycles. The zero-order valence-electron chi connectivity index (χ0n) is 12.4. The highest BCUT2D eigenvalue weighted by Crippen LogP contribution is 2.28. The van der Waals surface area contributed by atoms with E-state index in [0.717, 1.165) is 5.56 Å². The van der Waals surface area contributed by atoms with Crippen LogP contribution in [-0.4, -0.2) is 42.4 Å². The van der Waals surface area contributed by atoms with Crippen molar-refractivity contribution in [3.8, 4) is 0 Å². The van der Waals surface area contributed by atoms with Crippen LogP contribution in [0, 0.1) is 0 Å². The number of benzene rings is 1. The molecule has 21 heavy (non-hydrogen) atoms. The summed E-state index contributed by atoms with van der Waals surface area (Å²) < 4.78 is 15.5. The summed E-state index contributed by atoms with van der Waals surface area (Å²) in [6.07, 6.45) is -0.600. The highest BCUT2D eigenvalue weighted by molar-refractivity contribution is 5.82. The minimum absolute atomic E-state index is 0.0973. The zero-order valence-corrected chi connectivity index (χ0v) is 12.4. The predicted molar refractivity (Wildman–Crippen MR) is 74.3 cm³/mol. The van der Waals surface area contributed by atoms with E-state index >= 15 is 0 Å². The van der Waals surface area contributed by atoms with Crippen molar-refractivity contribution in [1.82, 2.24) is 4.90 Å². The predicted octanol–water partition coefficient (Wildman–Crippen LogP) is 1.93. The number of esters is 1. The van der Waals surface area contributed by atoms with E-state index in [9.17, 15) is 9.59 Å². The summed E-state index contributed by atoms with van der Waals surface area (Å²) in [5.74, 6) is -0.516. The van der Waals surface area contributed by atoms with Crippen LogP contribution < -0.4 is 0 Å². The standard InChI is InChI=1S/C15H19NO5/c1-15(2)16(12(10-21-15)13(17)19-3)14(18)20-9-11-7-5-4-6-8-11/h4-8,12H,9-10H2,1-3H3. The van der Waals surface area contributed by atoms with Gasteiger partial charge in [-0.15, -0.1) is 0 Å². The molecular formula is C15H19NO5. The maximum atomic E-state index is 12.3. The van der Waals surface area contributed by atoms with Crippen molar-refractivity contribution in [2.75, 3.05) is 13.7 Å². The van der Waals surface area contributed by atoms with Gasteiger partial charge >= 0.3 is 12.1 Å². The molecule has 1 heterocycles. The Hall–Kier alpha value is -2.08. The van der Waals surface area contributed by atoms with E-state index in [1.165, 1.54) is 12.0 Å². The lowest BCUT2D eigenvalue weighted by atomic mass is 10.2. The number of rotatable bonds is 3. The van der Waals surface area contributed by atoms with Gasteiger partial charge in [-0.2, -0.15) is 0 Å². The minimum atomic E-state index is -0.910. The van der Waals surface area contributed by atoms with Crippen molar-refractivity contribution < 1.29 is 23.8 Å². The van der Waals surface area contributed by atoms with Crippen LogP contribution in [0.5, 0.6) is 0 Å². The molecule has 1 aromatic carbocycles. The number of ether oxygens (including phenoxy) is 3. The number of carbonyl (C=O) groups is 2. The van der Waals surface area contributed by atoms with Gasteiger partial charge in [-0.05, 0) is 19.4 Å². The Balaban J connectivity index is 2.06. The maximum Gasteiger partial charge on any atom is 0.413 e. The van der Waals surface area contributed by atoms with Gasteiger partial charge < -0.3 is 14.2 Å². The third-order valence-electron chi connectivity index (χ3n) is 3.36. The van der Waals surface area contributed by atoms with Gasteiger partial charge in [0.25, 0.3) is 0 Å². The zero-order chi connectivity index (χ0) is 15.5. The molecule has 0 aromatic heterocycles. The molecule has 1 aliphatic heterocycles. The van der Waals surface area contributed by atoms with Crippen LogP contribution in [0.25, 0.3) is 0 Å². The summed E-state index contributed by atoms with van der Waals surface area (Å²) in [5.41, 5.74) is -0.0366. The molecule has 1 saturated heterocycles. The summed E-state index contributed by atoms with van der Waals surface area (Å²) in [5, 5.41) is 0. The molecule has 6 heteroatoms. The molecule has 1 aromatic rings. The number of carbonyl (C=O) groups excluding carboxylic acids is 2. The van der Waals surface area contributed by atoms with Gasteiger partial charge in [-0.25, -0.2) is 9.59 Å². The summed E-state index contributed by atoms with van der Waals surface area (Å²) in [6.45, 7) is 3.65. The Morgan fingerprint density at radius 2 is 2.00 bits per heavy atom. The van der Waals surface area contributed by atoms with Crippen molar-refractivity contribution in [3.63, 3.8) is 0 Å². The van der Waals surface area contributed by atoms with Crippen molar-refractivity contribution in [2.45, 2.75) is 32.2 Å². The van der Waals surface area contributed by atoms with Crippen LogP contribution in [0.4, 0.5) is 4.79 Å². The minimum Gasteiger partial charge on any atom is -0.467 e. The lowest BCUT2D eigenvalue weighted by molar-refractivity contribution is -0.146. The van der Waals surface area contributed by atoms with Crippen LogP contribution in [0.1, 0.15) is 19.4 Å². The van der Waals surface area contributed by atoms with Crippen molar-refractivity contribution in [2.24, 2.45) is 0 Å². The maximum absolute atomic E-state index is 12.3. The average Bonchev–Trinajstić information content (AvgIpc) is 2.80. The summed E-state index contributed by atoms with van der Waals surface area (Å²) in [4.78, 5) is 25.3. The van der Waals surface area contributed by atoms with Gasteiger partial charge in [0, 0.05) is 0 Å². The molecule has 1 amide bonds.